The molecule has 0 bridgehead atoms. The highest BCUT2D eigenvalue weighted by atomic mass is 19.1. The fraction of sp³-hybridized carbons (Fsp3) is 0.417. The molecule has 94 valence electrons. The molecule has 0 saturated heterocycles. The summed E-state index contributed by atoms with van der Waals surface area (Å²) in [5, 5.41) is 18.7. The van der Waals surface area contributed by atoms with Gasteiger partial charge in [-0.15, -0.1) is 0 Å². The van der Waals surface area contributed by atoms with Crippen LogP contribution in [0.4, 0.5) is 4.39 Å². The van der Waals surface area contributed by atoms with Crippen molar-refractivity contribution in [3.63, 3.8) is 0 Å². The van der Waals surface area contributed by atoms with Gasteiger partial charge in [-0.3, -0.25) is 4.79 Å². The molecule has 0 unspecified atom stereocenters. The number of methoxy groups -OCH3 is 1. The lowest BCUT2D eigenvalue weighted by atomic mass is 9.81. The van der Waals surface area contributed by atoms with Crippen LogP contribution in [-0.2, 0) is 10.2 Å². The number of phenols is 1. The third-order valence-electron chi connectivity index (χ3n) is 2.61. The van der Waals surface area contributed by atoms with Crippen LogP contribution in [0.5, 0.6) is 11.5 Å². The predicted molar refractivity (Wildman–Crippen MR) is 59.9 cm³/mol. The number of hydrogen-bond donors (Lipinski definition) is 2. The molecule has 1 rings (SSSR count). The maximum atomic E-state index is 13.3. The second kappa shape index (κ2) is 4.61. The SMILES string of the molecule is COc1c(F)ccc(C(C)(C)CC(=O)O)c1O. The zero-order chi connectivity index (χ0) is 13.2. The molecule has 0 amide bonds. The van der Waals surface area contributed by atoms with Gasteiger partial charge in [-0.25, -0.2) is 4.39 Å². The van der Waals surface area contributed by atoms with Crippen molar-refractivity contribution in [3.05, 3.63) is 23.5 Å². The van der Waals surface area contributed by atoms with Gasteiger partial charge >= 0.3 is 5.97 Å². The van der Waals surface area contributed by atoms with E-state index < -0.39 is 17.2 Å². The zero-order valence-corrected chi connectivity index (χ0v) is 9.95. The highest BCUT2D eigenvalue weighted by Crippen LogP contribution is 2.40. The van der Waals surface area contributed by atoms with Crippen LogP contribution in [0.3, 0.4) is 0 Å². The molecule has 0 radical (unpaired) electrons. The molecule has 0 aliphatic rings. The summed E-state index contributed by atoms with van der Waals surface area (Å²) in [6.07, 6.45) is -0.171. The van der Waals surface area contributed by atoms with Crippen LogP contribution in [0.25, 0.3) is 0 Å². The molecule has 0 atom stereocenters. The minimum Gasteiger partial charge on any atom is -0.504 e. The Labute approximate surface area is 98.7 Å². The van der Waals surface area contributed by atoms with Crippen molar-refractivity contribution in [2.24, 2.45) is 0 Å². The molecule has 0 spiro atoms. The smallest absolute Gasteiger partial charge is 0.304 e. The highest BCUT2D eigenvalue weighted by Gasteiger charge is 2.29. The summed E-state index contributed by atoms with van der Waals surface area (Å²) >= 11 is 0. The fourth-order valence-corrected chi connectivity index (χ4v) is 1.76. The lowest BCUT2D eigenvalue weighted by Crippen LogP contribution is -2.22. The molecule has 1 aromatic rings. The number of rotatable bonds is 4. The lowest BCUT2D eigenvalue weighted by molar-refractivity contribution is -0.138. The molecule has 1 aromatic carbocycles. The fourth-order valence-electron chi connectivity index (χ4n) is 1.76. The Morgan fingerprint density at radius 3 is 2.53 bits per heavy atom. The van der Waals surface area contributed by atoms with Gasteiger partial charge in [0.1, 0.15) is 0 Å². The van der Waals surface area contributed by atoms with Crippen LogP contribution in [0.1, 0.15) is 25.8 Å². The van der Waals surface area contributed by atoms with Crippen LogP contribution >= 0.6 is 0 Å². The summed E-state index contributed by atoms with van der Waals surface area (Å²) in [7, 11) is 1.24. The Kier molecular flexibility index (Phi) is 3.60. The quantitative estimate of drug-likeness (QED) is 0.850. The van der Waals surface area contributed by atoms with Crippen molar-refractivity contribution in [1.29, 1.82) is 0 Å². The number of benzene rings is 1. The summed E-state index contributed by atoms with van der Waals surface area (Å²) in [6, 6.07) is 2.52. The van der Waals surface area contributed by atoms with E-state index in [0.29, 0.717) is 5.56 Å². The normalized spacial score (nSPS) is 11.3. The lowest BCUT2D eigenvalue weighted by Gasteiger charge is -2.24. The van der Waals surface area contributed by atoms with Gasteiger partial charge in [-0.2, -0.15) is 0 Å². The molecule has 0 saturated carbocycles. The molecule has 0 aromatic heterocycles. The second-order valence-corrected chi connectivity index (χ2v) is 4.43. The molecular weight excluding hydrogens is 227 g/mol. The van der Waals surface area contributed by atoms with Crippen molar-refractivity contribution < 1.29 is 24.1 Å². The summed E-state index contributed by atoms with van der Waals surface area (Å²) in [6.45, 7) is 3.32. The Balaban J connectivity index is 3.27. The molecule has 2 N–H and O–H groups in total. The number of carboxylic acid groups (broad SMARTS) is 1. The minimum absolute atomic E-state index is 0.171. The summed E-state index contributed by atoms with van der Waals surface area (Å²) in [5.74, 6) is -2.28. The Morgan fingerprint density at radius 1 is 1.47 bits per heavy atom. The van der Waals surface area contributed by atoms with E-state index in [1.165, 1.54) is 13.2 Å². The first-order chi connectivity index (χ1) is 7.79. The number of aliphatic carboxylic acids is 1. The Bertz CT molecular complexity index is 440. The van der Waals surface area contributed by atoms with Gasteiger partial charge in [0.05, 0.1) is 13.5 Å². The van der Waals surface area contributed by atoms with Crippen molar-refractivity contribution >= 4 is 5.97 Å². The average molecular weight is 242 g/mol. The van der Waals surface area contributed by atoms with Crippen molar-refractivity contribution in [2.45, 2.75) is 25.7 Å². The van der Waals surface area contributed by atoms with Gasteiger partial charge in [0.2, 0.25) is 0 Å². The number of phenolic OH excluding ortho intramolecular Hbond substituents is 1. The Hall–Kier alpha value is -1.78. The van der Waals surface area contributed by atoms with E-state index in [-0.39, 0.29) is 17.9 Å². The van der Waals surface area contributed by atoms with Crippen molar-refractivity contribution in [2.75, 3.05) is 7.11 Å². The van der Waals surface area contributed by atoms with Gasteiger partial charge in [0.25, 0.3) is 0 Å². The van der Waals surface area contributed by atoms with E-state index in [9.17, 15) is 14.3 Å². The summed E-state index contributed by atoms with van der Waals surface area (Å²) < 4.78 is 18.0. The van der Waals surface area contributed by atoms with Gasteiger partial charge in [0, 0.05) is 11.0 Å². The number of hydrogen-bond acceptors (Lipinski definition) is 3. The number of ether oxygens (including phenoxy) is 1. The molecule has 17 heavy (non-hydrogen) atoms. The van der Waals surface area contributed by atoms with E-state index in [1.807, 2.05) is 0 Å². The standard InChI is InChI=1S/C12H15FO4/c1-12(2,6-9(14)15)7-4-5-8(13)11(17-3)10(7)16/h4-5,16H,6H2,1-3H3,(H,14,15). The topological polar surface area (TPSA) is 66.8 Å². The van der Waals surface area contributed by atoms with Gasteiger partial charge in [0.15, 0.2) is 17.3 Å². The molecular formula is C12H15FO4. The van der Waals surface area contributed by atoms with E-state index >= 15 is 0 Å². The van der Waals surface area contributed by atoms with Crippen molar-refractivity contribution in [3.8, 4) is 11.5 Å². The van der Waals surface area contributed by atoms with Gasteiger partial charge < -0.3 is 14.9 Å². The molecule has 4 nitrogen and oxygen atoms in total. The summed E-state index contributed by atoms with van der Waals surface area (Å²) in [5.41, 5.74) is -0.463. The molecule has 5 heteroatoms. The predicted octanol–water partition coefficient (Wildman–Crippen LogP) is 2.29. The number of halogens is 1. The van der Waals surface area contributed by atoms with Gasteiger partial charge in [-0.05, 0) is 6.07 Å². The van der Waals surface area contributed by atoms with Crippen LogP contribution in [0.15, 0.2) is 12.1 Å². The first-order valence-electron chi connectivity index (χ1n) is 5.07. The van der Waals surface area contributed by atoms with Crippen LogP contribution in [-0.4, -0.2) is 23.3 Å². The molecule has 0 aliphatic carbocycles. The van der Waals surface area contributed by atoms with E-state index in [2.05, 4.69) is 0 Å². The van der Waals surface area contributed by atoms with E-state index in [4.69, 9.17) is 9.84 Å². The minimum atomic E-state index is -0.988. The van der Waals surface area contributed by atoms with Crippen LogP contribution < -0.4 is 4.74 Å². The highest BCUT2D eigenvalue weighted by molar-refractivity contribution is 5.69. The average Bonchev–Trinajstić information content (AvgIpc) is 2.15. The number of aromatic hydroxyl groups is 1. The largest absolute Gasteiger partial charge is 0.504 e. The third kappa shape index (κ3) is 2.67. The molecule has 0 aliphatic heterocycles. The third-order valence-corrected chi connectivity index (χ3v) is 2.61. The van der Waals surface area contributed by atoms with E-state index in [0.717, 1.165) is 6.07 Å². The molecule has 0 heterocycles. The zero-order valence-electron chi connectivity index (χ0n) is 9.95. The monoisotopic (exact) mass is 242 g/mol. The van der Waals surface area contributed by atoms with Crippen LogP contribution in [0, 0.1) is 5.82 Å². The number of carbonyl (C=O) groups is 1. The first-order valence-corrected chi connectivity index (χ1v) is 5.07. The second-order valence-electron chi connectivity index (χ2n) is 4.43. The van der Waals surface area contributed by atoms with E-state index in [1.54, 1.807) is 13.8 Å². The Morgan fingerprint density at radius 2 is 2.06 bits per heavy atom. The van der Waals surface area contributed by atoms with Crippen molar-refractivity contribution in [1.82, 2.24) is 0 Å². The number of carboxylic acids is 1. The van der Waals surface area contributed by atoms with Gasteiger partial charge in [-0.1, -0.05) is 19.9 Å². The molecule has 0 fully saturated rings. The maximum absolute atomic E-state index is 13.3. The first kappa shape index (κ1) is 13.3. The maximum Gasteiger partial charge on any atom is 0.304 e. The summed E-state index contributed by atoms with van der Waals surface area (Å²) in [4.78, 5) is 10.7. The van der Waals surface area contributed by atoms with Crippen LogP contribution in [0.2, 0.25) is 0 Å².